The van der Waals surface area contributed by atoms with Gasteiger partial charge < -0.3 is 14.4 Å². The van der Waals surface area contributed by atoms with Gasteiger partial charge in [0.2, 0.25) is 15.9 Å². The van der Waals surface area contributed by atoms with E-state index < -0.39 is 16.1 Å². The second-order valence-electron chi connectivity index (χ2n) is 8.00. The molecule has 1 atom stereocenters. The number of amides is 1. The molecule has 1 aliphatic heterocycles. The van der Waals surface area contributed by atoms with E-state index in [2.05, 4.69) is 9.71 Å². The van der Waals surface area contributed by atoms with Crippen molar-refractivity contribution in [3.63, 3.8) is 0 Å². The Bertz CT molecular complexity index is 1030. The first-order chi connectivity index (χ1) is 15.9. The summed E-state index contributed by atoms with van der Waals surface area (Å²) >= 11 is 0. The standard InChI is InChI=1S/C23H30FN3O5S/c1-31-21-6-5-18(15-22(21)32-2)14-20(26-33(29,30)19-4-3-11-25-16-19)23(28)27-12-8-17(7-10-24)9-13-27/h3-6,11,15-17,20,26H,7-10,12-14H2,1-2H3/t20-/m0/s1. The summed E-state index contributed by atoms with van der Waals surface area (Å²) in [7, 11) is -0.940. The minimum Gasteiger partial charge on any atom is -0.493 e. The van der Waals surface area contributed by atoms with Gasteiger partial charge in [-0.3, -0.25) is 14.2 Å². The van der Waals surface area contributed by atoms with Crippen molar-refractivity contribution in [3.8, 4) is 11.5 Å². The molecule has 1 aliphatic rings. The van der Waals surface area contributed by atoms with Gasteiger partial charge in [-0.2, -0.15) is 4.72 Å². The fourth-order valence-electron chi connectivity index (χ4n) is 4.00. The second-order valence-corrected chi connectivity index (χ2v) is 9.72. The van der Waals surface area contributed by atoms with Gasteiger partial charge >= 0.3 is 0 Å². The van der Waals surface area contributed by atoms with Crippen LogP contribution in [0.25, 0.3) is 0 Å². The zero-order valence-electron chi connectivity index (χ0n) is 18.9. The van der Waals surface area contributed by atoms with Crippen LogP contribution in [0.4, 0.5) is 4.39 Å². The maximum atomic E-state index is 13.4. The number of nitrogens with zero attached hydrogens (tertiary/aromatic N) is 2. The van der Waals surface area contributed by atoms with Crippen LogP contribution in [-0.4, -0.2) is 64.2 Å². The topological polar surface area (TPSA) is 97.8 Å². The highest BCUT2D eigenvalue weighted by Gasteiger charge is 2.32. The van der Waals surface area contributed by atoms with Gasteiger partial charge in [-0.05, 0) is 61.4 Å². The number of nitrogens with one attached hydrogen (secondary N) is 1. The van der Waals surface area contributed by atoms with Crippen LogP contribution in [0.15, 0.2) is 47.6 Å². The highest BCUT2D eigenvalue weighted by atomic mass is 32.2. The van der Waals surface area contributed by atoms with Gasteiger partial charge in [0.1, 0.15) is 10.9 Å². The number of alkyl halides is 1. The molecule has 3 rings (SSSR count). The number of pyridine rings is 1. The number of sulfonamides is 1. The third-order valence-electron chi connectivity index (χ3n) is 5.87. The highest BCUT2D eigenvalue weighted by Crippen LogP contribution is 2.28. The van der Waals surface area contributed by atoms with Gasteiger partial charge in [0.15, 0.2) is 11.5 Å². The zero-order chi connectivity index (χ0) is 23.8. The fraction of sp³-hybridized carbons (Fsp3) is 0.478. The van der Waals surface area contributed by atoms with E-state index in [1.807, 2.05) is 0 Å². The van der Waals surface area contributed by atoms with Crippen molar-refractivity contribution < 1.29 is 27.1 Å². The lowest BCUT2D eigenvalue weighted by molar-refractivity contribution is -0.134. The predicted octanol–water partition coefficient (Wildman–Crippen LogP) is 2.59. The summed E-state index contributed by atoms with van der Waals surface area (Å²) in [5.41, 5.74) is 0.715. The molecule has 180 valence electrons. The van der Waals surface area contributed by atoms with Crippen LogP contribution >= 0.6 is 0 Å². The fourth-order valence-corrected chi connectivity index (χ4v) is 5.15. The first kappa shape index (κ1) is 24.9. The third kappa shape index (κ3) is 6.42. The normalized spacial score (nSPS) is 15.8. The number of methoxy groups -OCH3 is 2. The molecule has 1 N–H and O–H groups in total. The lowest BCUT2D eigenvalue weighted by Crippen LogP contribution is -2.51. The number of rotatable bonds is 10. The first-order valence-corrected chi connectivity index (χ1v) is 12.3. The number of benzene rings is 1. The number of likely N-dealkylation sites (tertiary alicyclic amines) is 1. The molecule has 33 heavy (non-hydrogen) atoms. The maximum Gasteiger partial charge on any atom is 0.242 e. The molecule has 0 unspecified atom stereocenters. The smallest absolute Gasteiger partial charge is 0.242 e. The van der Waals surface area contributed by atoms with Crippen molar-refractivity contribution in [3.05, 3.63) is 48.3 Å². The summed E-state index contributed by atoms with van der Waals surface area (Å²) in [6.45, 7) is 0.576. The summed E-state index contributed by atoms with van der Waals surface area (Å²) < 4.78 is 51.8. The number of halogens is 1. The lowest BCUT2D eigenvalue weighted by Gasteiger charge is -2.34. The molecule has 10 heteroatoms. The molecule has 1 aromatic carbocycles. The van der Waals surface area contributed by atoms with Gasteiger partial charge in [-0.25, -0.2) is 8.42 Å². The quantitative estimate of drug-likeness (QED) is 0.563. The van der Waals surface area contributed by atoms with E-state index in [1.165, 1.54) is 38.7 Å². The molecule has 0 bridgehead atoms. The van der Waals surface area contributed by atoms with Crippen molar-refractivity contribution >= 4 is 15.9 Å². The predicted molar refractivity (Wildman–Crippen MR) is 121 cm³/mol. The van der Waals surface area contributed by atoms with Crippen molar-refractivity contribution in [1.29, 1.82) is 0 Å². The van der Waals surface area contributed by atoms with E-state index in [4.69, 9.17) is 9.47 Å². The average Bonchev–Trinajstić information content (AvgIpc) is 2.84. The maximum absolute atomic E-state index is 13.4. The lowest BCUT2D eigenvalue weighted by atomic mass is 9.93. The molecule has 1 fully saturated rings. The summed E-state index contributed by atoms with van der Waals surface area (Å²) in [6.07, 6.45) is 4.74. The first-order valence-electron chi connectivity index (χ1n) is 10.9. The van der Waals surface area contributed by atoms with Crippen LogP contribution in [0.5, 0.6) is 11.5 Å². The number of carbonyl (C=O) groups excluding carboxylic acids is 1. The number of carbonyl (C=O) groups is 1. The van der Waals surface area contributed by atoms with Crippen LogP contribution < -0.4 is 14.2 Å². The third-order valence-corrected chi connectivity index (χ3v) is 7.33. The molecule has 1 amide bonds. The Labute approximate surface area is 194 Å². The van der Waals surface area contributed by atoms with Crippen LogP contribution in [0.1, 0.15) is 24.8 Å². The molecule has 8 nitrogen and oxygen atoms in total. The molecule has 1 saturated heterocycles. The van der Waals surface area contributed by atoms with Crippen molar-refractivity contribution in [2.24, 2.45) is 5.92 Å². The Balaban J connectivity index is 1.84. The summed E-state index contributed by atoms with van der Waals surface area (Å²) in [4.78, 5) is 18.9. The molecule has 0 aliphatic carbocycles. The van der Waals surface area contributed by atoms with Crippen molar-refractivity contribution in [1.82, 2.24) is 14.6 Å². The van der Waals surface area contributed by atoms with Gasteiger partial charge in [0.25, 0.3) is 0 Å². The number of hydrogen-bond donors (Lipinski definition) is 1. The van der Waals surface area contributed by atoms with Gasteiger partial charge in [-0.1, -0.05) is 6.07 Å². The Kier molecular flexibility index (Phi) is 8.62. The summed E-state index contributed by atoms with van der Waals surface area (Å²) in [5.74, 6) is 0.963. The minimum atomic E-state index is -3.98. The van der Waals surface area contributed by atoms with E-state index >= 15 is 0 Å². The number of piperidine rings is 1. The molecular formula is C23H30FN3O5S. The van der Waals surface area contributed by atoms with E-state index in [0.717, 1.165) is 0 Å². The average molecular weight is 480 g/mol. The van der Waals surface area contributed by atoms with Gasteiger partial charge in [0, 0.05) is 25.5 Å². The molecular weight excluding hydrogens is 449 g/mol. The number of hydrogen-bond acceptors (Lipinski definition) is 6. The SMILES string of the molecule is COc1ccc(C[C@H](NS(=O)(=O)c2cccnc2)C(=O)N2CCC(CCF)CC2)cc1OC. The summed E-state index contributed by atoms with van der Waals surface area (Å²) in [6, 6.07) is 7.14. The van der Waals surface area contributed by atoms with E-state index in [9.17, 15) is 17.6 Å². The van der Waals surface area contributed by atoms with Crippen LogP contribution in [0, 0.1) is 5.92 Å². The number of ether oxygens (including phenoxy) is 2. The second kappa shape index (κ2) is 11.4. The molecule has 0 spiro atoms. The summed E-state index contributed by atoms with van der Waals surface area (Å²) in [5, 5.41) is 0. The molecule has 1 aromatic heterocycles. The van der Waals surface area contributed by atoms with Crippen LogP contribution in [-0.2, 0) is 21.2 Å². The Hall–Kier alpha value is -2.72. The molecule has 0 radical (unpaired) electrons. The molecule has 2 aromatic rings. The Morgan fingerprint density at radius 3 is 2.55 bits per heavy atom. The van der Waals surface area contributed by atoms with Gasteiger partial charge in [0.05, 0.1) is 20.9 Å². The van der Waals surface area contributed by atoms with Crippen molar-refractivity contribution in [2.75, 3.05) is 34.0 Å². The van der Waals surface area contributed by atoms with Crippen LogP contribution in [0.2, 0.25) is 0 Å². The van der Waals surface area contributed by atoms with E-state index in [-0.39, 0.29) is 29.8 Å². The Morgan fingerprint density at radius 2 is 1.94 bits per heavy atom. The monoisotopic (exact) mass is 479 g/mol. The van der Waals surface area contributed by atoms with Gasteiger partial charge in [-0.15, -0.1) is 0 Å². The highest BCUT2D eigenvalue weighted by molar-refractivity contribution is 7.89. The molecule has 2 heterocycles. The largest absolute Gasteiger partial charge is 0.493 e. The zero-order valence-corrected chi connectivity index (χ0v) is 19.7. The van der Waals surface area contributed by atoms with E-state index in [1.54, 1.807) is 23.1 Å². The van der Waals surface area contributed by atoms with Crippen LogP contribution in [0.3, 0.4) is 0 Å². The Morgan fingerprint density at radius 1 is 1.21 bits per heavy atom. The number of aromatic nitrogens is 1. The minimum absolute atomic E-state index is 0.0169. The molecule has 0 saturated carbocycles. The van der Waals surface area contributed by atoms with Crippen molar-refractivity contribution in [2.45, 2.75) is 36.6 Å². The van der Waals surface area contributed by atoms with E-state index in [0.29, 0.717) is 49.4 Å².